The highest BCUT2D eigenvalue weighted by Crippen LogP contribution is 2.18. The molecule has 1 aromatic heterocycles. The average molecular weight is 291 g/mol. The molecule has 1 atom stereocenters. The van der Waals surface area contributed by atoms with E-state index in [9.17, 15) is 8.42 Å². The predicted octanol–water partition coefficient (Wildman–Crippen LogP) is 2.21. The number of anilines is 2. The number of pyridine rings is 1. The second-order valence-electron chi connectivity index (χ2n) is 4.67. The summed E-state index contributed by atoms with van der Waals surface area (Å²) in [6, 6.07) is 12.7. The van der Waals surface area contributed by atoms with Crippen molar-refractivity contribution in [2.45, 2.75) is 12.8 Å². The molecule has 3 N–H and O–H groups in total. The van der Waals surface area contributed by atoms with Crippen molar-refractivity contribution in [3.05, 3.63) is 54.2 Å². The SMILES string of the molecule is CC(CS(=O)(=O)Nc1ccc(N)cn1)c1ccccc1. The summed E-state index contributed by atoms with van der Waals surface area (Å²) >= 11 is 0. The fraction of sp³-hybridized carbons (Fsp3) is 0.214. The summed E-state index contributed by atoms with van der Waals surface area (Å²) in [4.78, 5) is 3.93. The Hall–Kier alpha value is -2.08. The first-order valence-corrected chi connectivity index (χ1v) is 7.88. The van der Waals surface area contributed by atoms with Crippen LogP contribution in [0.25, 0.3) is 0 Å². The average Bonchev–Trinajstić information content (AvgIpc) is 2.41. The zero-order valence-corrected chi connectivity index (χ0v) is 12.0. The highest BCUT2D eigenvalue weighted by molar-refractivity contribution is 7.92. The fourth-order valence-corrected chi connectivity index (χ4v) is 3.25. The van der Waals surface area contributed by atoms with E-state index in [4.69, 9.17) is 5.73 Å². The zero-order valence-electron chi connectivity index (χ0n) is 11.2. The van der Waals surface area contributed by atoms with Gasteiger partial charge in [0.1, 0.15) is 5.82 Å². The first-order chi connectivity index (χ1) is 9.46. The van der Waals surface area contributed by atoms with Crippen molar-refractivity contribution in [1.82, 2.24) is 4.98 Å². The molecule has 1 aromatic carbocycles. The van der Waals surface area contributed by atoms with E-state index in [1.54, 1.807) is 12.1 Å². The monoisotopic (exact) mass is 291 g/mol. The van der Waals surface area contributed by atoms with Gasteiger partial charge >= 0.3 is 0 Å². The minimum atomic E-state index is -3.45. The van der Waals surface area contributed by atoms with Gasteiger partial charge in [-0.25, -0.2) is 13.4 Å². The summed E-state index contributed by atoms with van der Waals surface area (Å²) in [5.74, 6) is 0.185. The Bertz CT molecular complexity index is 655. The third-order valence-corrected chi connectivity index (χ3v) is 4.34. The van der Waals surface area contributed by atoms with Crippen molar-refractivity contribution in [2.24, 2.45) is 0 Å². The molecule has 2 aromatic rings. The normalized spacial score (nSPS) is 12.8. The Labute approximate surface area is 118 Å². The van der Waals surface area contributed by atoms with E-state index in [0.717, 1.165) is 5.56 Å². The molecule has 2 rings (SSSR count). The van der Waals surface area contributed by atoms with Crippen LogP contribution < -0.4 is 10.5 Å². The molecule has 6 heteroatoms. The van der Waals surface area contributed by atoms with Gasteiger partial charge in [0.25, 0.3) is 0 Å². The van der Waals surface area contributed by atoms with E-state index in [1.807, 2.05) is 37.3 Å². The number of nitrogen functional groups attached to an aromatic ring is 1. The quantitative estimate of drug-likeness (QED) is 0.884. The zero-order chi connectivity index (χ0) is 14.6. The van der Waals surface area contributed by atoms with Crippen LogP contribution in [0.3, 0.4) is 0 Å². The highest BCUT2D eigenvalue weighted by Gasteiger charge is 2.17. The largest absolute Gasteiger partial charge is 0.397 e. The minimum absolute atomic E-state index is 0.00305. The number of benzene rings is 1. The number of sulfonamides is 1. The van der Waals surface area contributed by atoms with Crippen molar-refractivity contribution >= 4 is 21.5 Å². The Balaban J connectivity index is 2.06. The fourth-order valence-electron chi connectivity index (χ4n) is 1.87. The number of nitrogens with one attached hydrogen (secondary N) is 1. The lowest BCUT2D eigenvalue weighted by Gasteiger charge is -2.13. The Kier molecular flexibility index (Phi) is 4.24. The van der Waals surface area contributed by atoms with Crippen molar-refractivity contribution < 1.29 is 8.42 Å². The summed E-state index contributed by atoms with van der Waals surface area (Å²) in [7, 11) is -3.45. The van der Waals surface area contributed by atoms with E-state index >= 15 is 0 Å². The number of nitrogens with two attached hydrogens (primary N) is 1. The molecule has 0 aliphatic heterocycles. The molecule has 1 unspecified atom stereocenters. The lowest BCUT2D eigenvalue weighted by Crippen LogP contribution is -2.21. The van der Waals surface area contributed by atoms with E-state index in [-0.39, 0.29) is 17.5 Å². The number of hydrogen-bond acceptors (Lipinski definition) is 4. The van der Waals surface area contributed by atoms with Gasteiger partial charge in [-0.2, -0.15) is 0 Å². The smallest absolute Gasteiger partial charge is 0.234 e. The molecular formula is C14H17N3O2S. The summed E-state index contributed by atoms with van der Waals surface area (Å²) in [6.07, 6.45) is 1.42. The maximum absolute atomic E-state index is 12.1. The number of rotatable bonds is 5. The van der Waals surface area contributed by atoms with Gasteiger partial charge in [0.15, 0.2) is 0 Å². The van der Waals surface area contributed by atoms with Crippen molar-refractivity contribution in [3.8, 4) is 0 Å². The first kappa shape index (κ1) is 14.3. The van der Waals surface area contributed by atoms with Crippen LogP contribution in [0.4, 0.5) is 11.5 Å². The third kappa shape index (κ3) is 3.96. The van der Waals surface area contributed by atoms with Gasteiger partial charge in [-0.15, -0.1) is 0 Å². The molecule has 0 fully saturated rings. The van der Waals surface area contributed by atoms with Gasteiger partial charge in [-0.3, -0.25) is 4.72 Å². The van der Waals surface area contributed by atoms with Crippen molar-refractivity contribution in [2.75, 3.05) is 16.2 Å². The van der Waals surface area contributed by atoms with E-state index in [1.165, 1.54) is 6.20 Å². The molecule has 106 valence electrons. The number of nitrogens with zero attached hydrogens (tertiary/aromatic N) is 1. The Morgan fingerprint density at radius 2 is 1.90 bits per heavy atom. The van der Waals surface area contributed by atoms with Crippen LogP contribution in [0, 0.1) is 0 Å². The predicted molar refractivity (Wildman–Crippen MR) is 80.9 cm³/mol. The van der Waals surface area contributed by atoms with Crippen molar-refractivity contribution in [3.63, 3.8) is 0 Å². The molecule has 0 radical (unpaired) electrons. The second kappa shape index (κ2) is 5.92. The maximum Gasteiger partial charge on any atom is 0.234 e. The first-order valence-electron chi connectivity index (χ1n) is 6.23. The molecule has 0 bridgehead atoms. The van der Waals surface area contributed by atoms with Gasteiger partial charge in [-0.05, 0) is 23.6 Å². The van der Waals surface area contributed by atoms with Gasteiger partial charge < -0.3 is 5.73 Å². The van der Waals surface area contributed by atoms with E-state index in [2.05, 4.69) is 9.71 Å². The summed E-state index contributed by atoms with van der Waals surface area (Å²) in [5.41, 5.74) is 6.99. The van der Waals surface area contributed by atoms with Crippen LogP contribution in [0.15, 0.2) is 48.7 Å². The lowest BCUT2D eigenvalue weighted by atomic mass is 10.0. The van der Waals surface area contributed by atoms with Crippen LogP contribution >= 0.6 is 0 Å². The highest BCUT2D eigenvalue weighted by atomic mass is 32.2. The van der Waals surface area contributed by atoms with Gasteiger partial charge in [0.05, 0.1) is 17.6 Å². The molecule has 0 amide bonds. The molecule has 0 aliphatic carbocycles. The minimum Gasteiger partial charge on any atom is -0.397 e. The van der Waals surface area contributed by atoms with Crippen LogP contribution in [-0.2, 0) is 10.0 Å². The molecule has 5 nitrogen and oxygen atoms in total. The maximum atomic E-state index is 12.1. The molecular weight excluding hydrogens is 274 g/mol. The van der Waals surface area contributed by atoms with Crippen LogP contribution in [-0.4, -0.2) is 19.2 Å². The van der Waals surface area contributed by atoms with Crippen LogP contribution in [0.5, 0.6) is 0 Å². The summed E-state index contributed by atoms with van der Waals surface area (Å²) < 4.78 is 26.6. The van der Waals surface area contributed by atoms with Gasteiger partial charge in [0.2, 0.25) is 10.0 Å². The van der Waals surface area contributed by atoms with Crippen LogP contribution in [0.2, 0.25) is 0 Å². The van der Waals surface area contributed by atoms with Crippen molar-refractivity contribution in [1.29, 1.82) is 0 Å². The standard InChI is InChI=1S/C14H17N3O2S/c1-11(12-5-3-2-4-6-12)10-20(18,19)17-14-8-7-13(15)9-16-14/h2-9,11H,10,15H2,1H3,(H,16,17). The van der Waals surface area contributed by atoms with E-state index < -0.39 is 10.0 Å². The summed E-state index contributed by atoms with van der Waals surface area (Å²) in [5, 5.41) is 0. The molecule has 20 heavy (non-hydrogen) atoms. The van der Waals surface area contributed by atoms with Gasteiger partial charge in [-0.1, -0.05) is 37.3 Å². The molecule has 1 heterocycles. The van der Waals surface area contributed by atoms with Gasteiger partial charge in [0, 0.05) is 0 Å². The molecule has 0 spiro atoms. The lowest BCUT2D eigenvalue weighted by molar-refractivity contribution is 0.595. The topological polar surface area (TPSA) is 85.1 Å². The Morgan fingerprint density at radius 3 is 2.50 bits per heavy atom. The summed E-state index contributed by atoms with van der Waals surface area (Å²) in [6.45, 7) is 1.88. The molecule has 0 aliphatic rings. The number of aromatic nitrogens is 1. The van der Waals surface area contributed by atoms with Crippen LogP contribution in [0.1, 0.15) is 18.4 Å². The number of hydrogen-bond donors (Lipinski definition) is 2. The van der Waals surface area contributed by atoms with E-state index in [0.29, 0.717) is 5.69 Å². The third-order valence-electron chi connectivity index (χ3n) is 2.88. The molecule has 0 saturated carbocycles. The molecule has 0 saturated heterocycles. The Morgan fingerprint density at radius 1 is 1.20 bits per heavy atom. The second-order valence-corrected chi connectivity index (χ2v) is 6.44.